The van der Waals surface area contributed by atoms with Crippen molar-refractivity contribution in [2.24, 2.45) is 0 Å². The maximum Gasteiger partial charge on any atom is 0.242 e. The Morgan fingerprint density at radius 1 is 1.36 bits per heavy atom. The van der Waals surface area contributed by atoms with Crippen LogP contribution in [0.25, 0.3) is 0 Å². The van der Waals surface area contributed by atoms with Gasteiger partial charge in [0.05, 0.1) is 0 Å². The molecule has 1 aliphatic heterocycles. The van der Waals surface area contributed by atoms with Crippen molar-refractivity contribution >= 4 is 11.6 Å². The second-order valence-electron chi connectivity index (χ2n) is 5.37. The average molecular weight is 300 g/mol. The average Bonchev–Trinajstić information content (AvgIpc) is 3.02. The number of hydrogen-bond acceptors (Lipinski definition) is 4. The van der Waals surface area contributed by atoms with Gasteiger partial charge in [-0.15, -0.1) is 0 Å². The van der Waals surface area contributed by atoms with Gasteiger partial charge in [-0.3, -0.25) is 9.78 Å². The number of nitrogens with zero attached hydrogens (tertiary/aromatic N) is 1. The molecule has 1 aromatic carbocycles. The Bertz CT molecular complexity index is 677. The van der Waals surface area contributed by atoms with Gasteiger partial charge in [0.1, 0.15) is 11.9 Å². The number of carbonyl (C=O) groups excluding carboxylic acids is 1. The van der Waals surface area contributed by atoms with Crippen LogP contribution < -0.4 is 16.2 Å². The molecule has 2 aromatic rings. The highest BCUT2D eigenvalue weighted by atomic mass is 19.1. The maximum absolute atomic E-state index is 13.5. The van der Waals surface area contributed by atoms with Crippen LogP contribution in [0.2, 0.25) is 0 Å². The monoisotopic (exact) mass is 300 g/mol. The van der Waals surface area contributed by atoms with E-state index in [0.29, 0.717) is 17.7 Å². The van der Waals surface area contributed by atoms with Crippen LogP contribution in [-0.4, -0.2) is 16.9 Å². The van der Waals surface area contributed by atoms with E-state index in [2.05, 4.69) is 21.2 Å². The second-order valence-corrected chi connectivity index (χ2v) is 5.37. The standard InChI is InChI=1S/C16H17FN4O/c1-10-4-5-12(7-13(10)17)19-16(22)15-8-14(20-21-15)11-3-2-6-18-9-11/h2-7,9,14-15,20-21H,8H2,1H3,(H,19,22). The molecule has 3 rings (SSSR count). The van der Waals surface area contributed by atoms with Crippen LogP contribution in [-0.2, 0) is 4.79 Å². The van der Waals surface area contributed by atoms with Gasteiger partial charge in [0, 0.05) is 24.1 Å². The van der Waals surface area contributed by atoms with Crippen molar-refractivity contribution in [3.8, 4) is 0 Å². The zero-order chi connectivity index (χ0) is 15.5. The first-order valence-corrected chi connectivity index (χ1v) is 7.11. The minimum atomic E-state index is -0.380. The Kier molecular flexibility index (Phi) is 4.13. The van der Waals surface area contributed by atoms with Crippen LogP contribution in [0.5, 0.6) is 0 Å². The fourth-order valence-electron chi connectivity index (χ4n) is 2.43. The third-order valence-electron chi connectivity index (χ3n) is 3.75. The molecule has 0 saturated carbocycles. The van der Waals surface area contributed by atoms with Gasteiger partial charge in [-0.2, -0.15) is 0 Å². The summed E-state index contributed by atoms with van der Waals surface area (Å²) >= 11 is 0. The Hall–Kier alpha value is -2.31. The van der Waals surface area contributed by atoms with Crippen LogP contribution in [0.1, 0.15) is 23.6 Å². The molecule has 0 aliphatic carbocycles. The highest BCUT2D eigenvalue weighted by Gasteiger charge is 2.30. The number of nitrogens with one attached hydrogen (secondary N) is 3. The van der Waals surface area contributed by atoms with Crippen molar-refractivity contribution in [3.63, 3.8) is 0 Å². The van der Waals surface area contributed by atoms with E-state index in [4.69, 9.17) is 0 Å². The van der Waals surface area contributed by atoms with Crippen molar-refractivity contribution < 1.29 is 9.18 Å². The van der Waals surface area contributed by atoms with E-state index >= 15 is 0 Å². The number of benzene rings is 1. The molecule has 1 aliphatic rings. The number of pyridine rings is 1. The van der Waals surface area contributed by atoms with Crippen molar-refractivity contribution in [1.82, 2.24) is 15.8 Å². The van der Waals surface area contributed by atoms with Gasteiger partial charge in [0.2, 0.25) is 5.91 Å². The van der Waals surface area contributed by atoms with Crippen LogP contribution in [0.4, 0.5) is 10.1 Å². The number of hydrogen-bond donors (Lipinski definition) is 3. The summed E-state index contributed by atoms with van der Waals surface area (Å²) in [6, 6.07) is 8.13. The Morgan fingerprint density at radius 3 is 2.95 bits per heavy atom. The summed E-state index contributed by atoms with van der Waals surface area (Å²) in [7, 11) is 0. The molecule has 2 atom stereocenters. The van der Waals surface area contributed by atoms with Gasteiger partial charge in [-0.25, -0.2) is 15.2 Å². The van der Waals surface area contributed by atoms with E-state index in [-0.39, 0.29) is 23.8 Å². The SMILES string of the molecule is Cc1ccc(NC(=O)C2CC(c3cccnc3)NN2)cc1F. The van der Waals surface area contributed by atoms with Gasteiger partial charge in [0.25, 0.3) is 0 Å². The van der Waals surface area contributed by atoms with Crippen LogP contribution >= 0.6 is 0 Å². The normalized spacial score (nSPS) is 20.8. The predicted octanol–water partition coefficient (Wildman–Crippen LogP) is 2.08. The predicted molar refractivity (Wildman–Crippen MR) is 81.4 cm³/mol. The van der Waals surface area contributed by atoms with Crippen molar-refractivity contribution in [2.45, 2.75) is 25.4 Å². The lowest BCUT2D eigenvalue weighted by Gasteiger charge is -2.11. The molecule has 2 heterocycles. The van der Waals surface area contributed by atoms with Crippen molar-refractivity contribution in [1.29, 1.82) is 0 Å². The van der Waals surface area contributed by atoms with Gasteiger partial charge in [-0.05, 0) is 42.7 Å². The number of anilines is 1. The molecular formula is C16H17FN4O. The zero-order valence-corrected chi connectivity index (χ0v) is 12.1. The molecule has 3 N–H and O–H groups in total. The van der Waals surface area contributed by atoms with E-state index in [0.717, 1.165) is 5.56 Å². The molecule has 5 nitrogen and oxygen atoms in total. The summed E-state index contributed by atoms with van der Waals surface area (Å²) < 4.78 is 13.5. The third kappa shape index (κ3) is 3.13. The molecule has 1 saturated heterocycles. The number of carbonyl (C=O) groups is 1. The van der Waals surface area contributed by atoms with Gasteiger partial charge in [-0.1, -0.05) is 12.1 Å². The van der Waals surface area contributed by atoms with Crippen LogP contribution in [0.3, 0.4) is 0 Å². The first-order valence-electron chi connectivity index (χ1n) is 7.11. The highest BCUT2D eigenvalue weighted by molar-refractivity contribution is 5.95. The molecule has 22 heavy (non-hydrogen) atoms. The first-order chi connectivity index (χ1) is 10.6. The molecule has 0 spiro atoms. The minimum absolute atomic E-state index is 0.0270. The van der Waals surface area contributed by atoms with E-state index in [1.54, 1.807) is 31.5 Å². The number of rotatable bonds is 3. The van der Waals surface area contributed by atoms with Gasteiger partial charge >= 0.3 is 0 Å². The smallest absolute Gasteiger partial charge is 0.242 e. The summed E-state index contributed by atoms with van der Waals surface area (Å²) in [5.41, 5.74) is 8.08. The summed E-state index contributed by atoms with van der Waals surface area (Å²) in [4.78, 5) is 16.3. The van der Waals surface area contributed by atoms with Crippen LogP contribution in [0, 0.1) is 12.7 Å². The molecule has 1 fully saturated rings. The number of aromatic nitrogens is 1. The van der Waals surface area contributed by atoms with Crippen molar-refractivity contribution in [2.75, 3.05) is 5.32 Å². The molecule has 1 aromatic heterocycles. The minimum Gasteiger partial charge on any atom is -0.325 e. The fraction of sp³-hybridized carbons (Fsp3) is 0.250. The quantitative estimate of drug-likeness (QED) is 0.812. The van der Waals surface area contributed by atoms with E-state index in [1.807, 2.05) is 12.1 Å². The van der Waals surface area contributed by atoms with E-state index in [9.17, 15) is 9.18 Å². The first kappa shape index (κ1) is 14.6. The third-order valence-corrected chi connectivity index (χ3v) is 3.75. The summed E-state index contributed by atoms with van der Waals surface area (Å²) in [5.74, 6) is -0.523. The second kappa shape index (κ2) is 6.21. The Morgan fingerprint density at radius 2 is 2.23 bits per heavy atom. The topological polar surface area (TPSA) is 66.0 Å². The molecule has 114 valence electrons. The lowest BCUT2D eigenvalue weighted by atomic mass is 10.0. The van der Waals surface area contributed by atoms with E-state index < -0.39 is 0 Å². The summed E-state index contributed by atoms with van der Waals surface area (Å²) in [5, 5.41) is 2.73. The lowest BCUT2D eigenvalue weighted by molar-refractivity contribution is -0.117. The molecule has 1 amide bonds. The molecule has 6 heteroatoms. The molecular weight excluding hydrogens is 283 g/mol. The van der Waals surface area contributed by atoms with Crippen molar-refractivity contribution in [3.05, 3.63) is 59.7 Å². The molecule has 0 radical (unpaired) electrons. The number of hydrazine groups is 1. The largest absolute Gasteiger partial charge is 0.325 e. The lowest BCUT2D eigenvalue weighted by Crippen LogP contribution is -2.39. The number of aryl methyl sites for hydroxylation is 1. The molecule has 2 unspecified atom stereocenters. The Labute approximate surface area is 127 Å². The maximum atomic E-state index is 13.5. The van der Waals surface area contributed by atoms with Crippen LogP contribution in [0.15, 0.2) is 42.7 Å². The van der Waals surface area contributed by atoms with Gasteiger partial charge in [0.15, 0.2) is 0 Å². The Balaban J connectivity index is 1.63. The van der Waals surface area contributed by atoms with E-state index in [1.165, 1.54) is 6.07 Å². The van der Waals surface area contributed by atoms with Gasteiger partial charge < -0.3 is 5.32 Å². The summed E-state index contributed by atoms with van der Waals surface area (Å²) in [6.07, 6.45) is 4.09. The number of halogens is 1. The molecule has 0 bridgehead atoms. The highest BCUT2D eigenvalue weighted by Crippen LogP contribution is 2.22. The zero-order valence-electron chi connectivity index (χ0n) is 12.1. The number of amides is 1. The summed E-state index contributed by atoms with van der Waals surface area (Å²) in [6.45, 7) is 1.68. The fourth-order valence-corrected chi connectivity index (χ4v) is 2.43.